The lowest BCUT2D eigenvalue weighted by Gasteiger charge is -2.26. The molecule has 0 radical (unpaired) electrons. The zero-order valence-corrected chi connectivity index (χ0v) is 32.5. The molecule has 1 aromatic heterocycles. The molecule has 10 aromatic carbocycles. The minimum absolute atomic E-state index is 0.0991. The second kappa shape index (κ2) is 12.4. The van der Waals surface area contributed by atoms with E-state index < -0.39 is 0 Å². The fourth-order valence-electron chi connectivity index (χ4n) is 10.5. The van der Waals surface area contributed by atoms with Crippen molar-refractivity contribution >= 4 is 43.4 Å². The summed E-state index contributed by atoms with van der Waals surface area (Å²) in [6.45, 7) is 4.75. The van der Waals surface area contributed by atoms with Crippen LogP contribution in [0.25, 0.3) is 105 Å². The fourth-order valence-corrected chi connectivity index (χ4v) is 10.5. The Bertz CT molecular complexity index is 3200. The van der Waals surface area contributed by atoms with Gasteiger partial charge in [0.2, 0.25) is 0 Å². The Morgan fingerprint density at radius 3 is 1.22 bits per heavy atom. The van der Waals surface area contributed by atoms with Crippen LogP contribution in [0.1, 0.15) is 25.0 Å². The SMILES string of the molecule is CC1(C)c2ccccc2-c2ccc(-n3c4cccc5c6c(-c7ccccc7)c(-c7ccccc7)c(-c7ccccc7)c(-c7ccccc7)c6c6cccc3c6c54)cc21. The standard InChI is InChI=1S/C57H39N/c1-57(2)45-30-16-15-27-41(45)42-34-33-40(35-46(42)57)58-47-31-17-28-43-53(47)54-44(29-18-32-48(54)58)56-52(39-25-13-6-14-26-39)50(37-21-9-4-10-22-37)49(36-19-7-3-8-20-36)51(55(43)56)38-23-11-5-12-24-38/h3-35H,1-2H3. The predicted molar refractivity (Wildman–Crippen MR) is 246 cm³/mol. The van der Waals surface area contributed by atoms with Gasteiger partial charge in [0.1, 0.15) is 0 Å². The maximum Gasteiger partial charge on any atom is 0.0547 e. The summed E-state index contributed by atoms with van der Waals surface area (Å²) in [5.74, 6) is 0. The van der Waals surface area contributed by atoms with Gasteiger partial charge in [-0.05, 0) is 113 Å². The van der Waals surface area contributed by atoms with Gasteiger partial charge in [-0.25, -0.2) is 0 Å². The van der Waals surface area contributed by atoms with Crippen LogP contribution in [0.4, 0.5) is 0 Å². The van der Waals surface area contributed by atoms with Crippen molar-refractivity contribution in [1.82, 2.24) is 4.57 Å². The summed E-state index contributed by atoms with van der Waals surface area (Å²) in [5, 5.41) is 7.75. The van der Waals surface area contributed by atoms with E-state index in [0.29, 0.717) is 0 Å². The van der Waals surface area contributed by atoms with Gasteiger partial charge in [0.15, 0.2) is 0 Å². The number of hydrogen-bond donors (Lipinski definition) is 0. The number of hydrogen-bond acceptors (Lipinski definition) is 0. The molecular formula is C57H39N. The van der Waals surface area contributed by atoms with Crippen molar-refractivity contribution in [2.45, 2.75) is 19.3 Å². The van der Waals surface area contributed by atoms with Gasteiger partial charge in [-0.1, -0.05) is 190 Å². The van der Waals surface area contributed by atoms with Crippen LogP contribution in [0.3, 0.4) is 0 Å². The molecule has 0 bridgehead atoms. The number of nitrogens with zero attached hydrogens (tertiary/aromatic N) is 1. The minimum atomic E-state index is -0.0991. The first-order valence-corrected chi connectivity index (χ1v) is 20.4. The van der Waals surface area contributed by atoms with Crippen molar-refractivity contribution in [2.75, 3.05) is 0 Å². The van der Waals surface area contributed by atoms with E-state index in [-0.39, 0.29) is 5.41 Å². The van der Waals surface area contributed by atoms with Gasteiger partial charge in [-0.3, -0.25) is 0 Å². The van der Waals surface area contributed by atoms with E-state index in [4.69, 9.17) is 0 Å². The Labute approximate surface area is 338 Å². The molecule has 0 aliphatic heterocycles. The molecule has 1 heterocycles. The molecule has 1 aliphatic carbocycles. The molecule has 11 aromatic rings. The third-order valence-corrected chi connectivity index (χ3v) is 12.9. The smallest absolute Gasteiger partial charge is 0.0547 e. The number of aromatic nitrogens is 1. The highest BCUT2D eigenvalue weighted by Crippen LogP contribution is 2.56. The molecule has 0 saturated carbocycles. The summed E-state index contributed by atoms with van der Waals surface area (Å²) in [4.78, 5) is 0. The molecule has 0 unspecified atom stereocenters. The lowest BCUT2D eigenvalue weighted by Crippen LogP contribution is -2.15. The molecule has 0 spiro atoms. The number of rotatable bonds is 5. The number of fused-ring (bicyclic) bond motifs is 6. The topological polar surface area (TPSA) is 4.93 Å². The normalized spacial score (nSPS) is 13.1. The summed E-state index contributed by atoms with van der Waals surface area (Å²) in [6.07, 6.45) is 0. The van der Waals surface area contributed by atoms with Crippen LogP contribution >= 0.6 is 0 Å². The van der Waals surface area contributed by atoms with Crippen LogP contribution in [-0.2, 0) is 5.41 Å². The van der Waals surface area contributed by atoms with Gasteiger partial charge in [0.05, 0.1) is 11.0 Å². The largest absolute Gasteiger partial charge is 0.309 e. The average Bonchev–Trinajstić information content (AvgIpc) is 3.75. The zero-order valence-electron chi connectivity index (χ0n) is 32.5. The molecule has 272 valence electrons. The Balaban J connectivity index is 1.31. The quantitative estimate of drug-likeness (QED) is 0.155. The summed E-state index contributed by atoms with van der Waals surface area (Å²) in [6, 6.07) is 74.3. The van der Waals surface area contributed by atoms with Crippen molar-refractivity contribution in [3.8, 4) is 61.3 Å². The van der Waals surface area contributed by atoms with Crippen molar-refractivity contribution in [2.24, 2.45) is 0 Å². The van der Waals surface area contributed by atoms with E-state index in [9.17, 15) is 0 Å². The third-order valence-electron chi connectivity index (χ3n) is 12.9. The molecule has 0 N–H and O–H groups in total. The van der Waals surface area contributed by atoms with Gasteiger partial charge < -0.3 is 4.57 Å². The molecule has 58 heavy (non-hydrogen) atoms. The maximum atomic E-state index is 2.53. The highest BCUT2D eigenvalue weighted by atomic mass is 15.0. The molecular weight excluding hydrogens is 699 g/mol. The van der Waals surface area contributed by atoms with Gasteiger partial charge in [-0.15, -0.1) is 0 Å². The highest BCUT2D eigenvalue weighted by Gasteiger charge is 2.36. The van der Waals surface area contributed by atoms with Crippen molar-refractivity contribution in [1.29, 1.82) is 0 Å². The average molecular weight is 738 g/mol. The molecule has 0 atom stereocenters. The Morgan fingerprint density at radius 1 is 0.328 bits per heavy atom. The fraction of sp³-hybridized carbons (Fsp3) is 0.0526. The molecule has 1 heteroatoms. The first kappa shape index (κ1) is 33.0. The summed E-state index contributed by atoms with van der Waals surface area (Å²) < 4.78 is 2.53. The van der Waals surface area contributed by atoms with Crippen LogP contribution < -0.4 is 0 Å². The van der Waals surface area contributed by atoms with Crippen LogP contribution in [-0.4, -0.2) is 4.57 Å². The van der Waals surface area contributed by atoms with E-state index in [1.807, 2.05) is 0 Å². The Morgan fingerprint density at radius 2 is 0.741 bits per heavy atom. The van der Waals surface area contributed by atoms with Crippen molar-refractivity contribution < 1.29 is 0 Å². The second-order valence-electron chi connectivity index (χ2n) is 16.3. The molecule has 12 rings (SSSR count). The summed E-state index contributed by atoms with van der Waals surface area (Å²) in [5.41, 5.74) is 18.9. The first-order chi connectivity index (χ1) is 28.6. The van der Waals surface area contributed by atoms with Gasteiger partial charge in [-0.2, -0.15) is 0 Å². The maximum absolute atomic E-state index is 2.53. The molecule has 0 amide bonds. The van der Waals surface area contributed by atoms with Gasteiger partial charge in [0, 0.05) is 21.9 Å². The Kier molecular flexibility index (Phi) is 7.04. The zero-order chi connectivity index (χ0) is 38.5. The monoisotopic (exact) mass is 737 g/mol. The summed E-state index contributed by atoms with van der Waals surface area (Å²) in [7, 11) is 0. The Hall–Kier alpha value is -7.22. The van der Waals surface area contributed by atoms with E-state index >= 15 is 0 Å². The highest BCUT2D eigenvalue weighted by molar-refractivity contribution is 6.40. The van der Waals surface area contributed by atoms with Crippen LogP contribution in [0.15, 0.2) is 200 Å². The van der Waals surface area contributed by atoms with Crippen LogP contribution in [0.5, 0.6) is 0 Å². The summed E-state index contributed by atoms with van der Waals surface area (Å²) >= 11 is 0. The van der Waals surface area contributed by atoms with Crippen molar-refractivity contribution in [3.05, 3.63) is 211 Å². The first-order valence-electron chi connectivity index (χ1n) is 20.4. The van der Waals surface area contributed by atoms with E-state index in [1.165, 1.54) is 116 Å². The van der Waals surface area contributed by atoms with Crippen LogP contribution in [0.2, 0.25) is 0 Å². The second-order valence-corrected chi connectivity index (χ2v) is 16.3. The predicted octanol–water partition coefficient (Wildman–Crippen LogP) is 15.5. The number of benzene rings is 10. The third kappa shape index (κ3) is 4.53. The molecule has 0 fully saturated rings. The van der Waals surface area contributed by atoms with Crippen molar-refractivity contribution in [3.63, 3.8) is 0 Å². The molecule has 0 saturated heterocycles. The van der Waals surface area contributed by atoms with Gasteiger partial charge in [0.25, 0.3) is 0 Å². The lowest BCUT2D eigenvalue weighted by molar-refractivity contribution is 0.660. The minimum Gasteiger partial charge on any atom is -0.309 e. The molecule has 1 nitrogen and oxygen atoms in total. The van der Waals surface area contributed by atoms with Gasteiger partial charge >= 0.3 is 0 Å². The molecule has 1 aliphatic rings. The van der Waals surface area contributed by atoms with E-state index in [0.717, 1.165) is 0 Å². The van der Waals surface area contributed by atoms with Crippen LogP contribution in [0, 0.1) is 0 Å². The van der Waals surface area contributed by atoms with E-state index in [1.54, 1.807) is 0 Å². The van der Waals surface area contributed by atoms with E-state index in [2.05, 4.69) is 219 Å². The lowest BCUT2D eigenvalue weighted by atomic mass is 9.76.